The van der Waals surface area contributed by atoms with E-state index in [1.54, 1.807) is 4.90 Å². The summed E-state index contributed by atoms with van der Waals surface area (Å²) in [5.74, 6) is -0.570. The van der Waals surface area contributed by atoms with Gasteiger partial charge in [-0.15, -0.1) is 0 Å². The molecule has 1 saturated heterocycles. The molecule has 5 nitrogen and oxygen atoms in total. The van der Waals surface area contributed by atoms with Gasteiger partial charge in [-0.25, -0.2) is 4.39 Å². The first kappa shape index (κ1) is 16.4. The predicted molar refractivity (Wildman–Crippen MR) is 83.0 cm³/mol. The number of nitrogens with one attached hydrogen (secondary N) is 1. The molecule has 0 radical (unpaired) electrons. The summed E-state index contributed by atoms with van der Waals surface area (Å²) >= 11 is 0. The van der Waals surface area contributed by atoms with Crippen molar-refractivity contribution in [1.82, 2.24) is 4.90 Å². The molecular weight excluding hydrogens is 285 g/mol. The second kappa shape index (κ2) is 6.87. The van der Waals surface area contributed by atoms with E-state index >= 15 is 0 Å². The molecule has 2 unspecified atom stereocenters. The molecule has 3 N–H and O–H groups in total. The fraction of sp³-hybridized carbons (Fsp3) is 0.500. The van der Waals surface area contributed by atoms with E-state index in [0.29, 0.717) is 24.6 Å². The number of nitrogens with zero attached hydrogens (tertiary/aromatic N) is 1. The zero-order valence-corrected chi connectivity index (χ0v) is 12.9. The summed E-state index contributed by atoms with van der Waals surface area (Å²) < 4.78 is 13.7. The largest absolute Gasteiger partial charge is 0.334 e. The van der Waals surface area contributed by atoms with Crippen LogP contribution in [0, 0.1) is 11.7 Å². The van der Waals surface area contributed by atoms with Gasteiger partial charge in [-0.2, -0.15) is 0 Å². The summed E-state index contributed by atoms with van der Waals surface area (Å²) in [6.45, 7) is 4.51. The molecule has 2 amide bonds. The van der Waals surface area contributed by atoms with Crippen LogP contribution >= 0.6 is 0 Å². The van der Waals surface area contributed by atoms with Gasteiger partial charge in [-0.05, 0) is 37.0 Å². The number of halogens is 1. The standard InChI is InChI=1S/C16H22FN3O2/c1-10-5-6-20(13(7-10)9-18)16(22)12-3-4-14(17)15(8-12)19-11(2)21/h3-4,8,10,13H,5-7,9,18H2,1-2H3,(H,19,21). The Morgan fingerprint density at radius 2 is 2.18 bits per heavy atom. The van der Waals surface area contributed by atoms with E-state index in [1.807, 2.05) is 0 Å². The number of rotatable bonds is 3. The minimum Gasteiger partial charge on any atom is -0.334 e. The van der Waals surface area contributed by atoms with E-state index in [4.69, 9.17) is 5.73 Å². The highest BCUT2D eigenvalue weighted by Gasteiger charge is 2.29. The molecule has 6 heteroatoms. The van der Waals surface area contributed by atoms with Crippen LogP contribution in [0.2, 0.25) is 0 Å². The highest BCUT2D eigenvalue weighted by Crippen LogP contribution is 2.25. The molecule has 1 aliphatic heterocycles. The van der Waals surface area contributed by atoms with Crippen molar-refractivity contribution >= 4 is 17.5 Å². The predicted octanol–water partition coefficient (Wildman–Crippen LogP) is 1.98. The Hall–Kier alpha value is -1.95. The molecule has 1 fully saturated rings. The van der Waals surface area contributed by atoms with Crippen LogP contribution in [-0.2, 0) is 4.79 Å². The van der Waals surface area contributed by atoms with Gasteiger partial charge in [0.1, 0.15) is 5.82 Å². The van der Waals surface area contributed by atoms with E-state index in [0.717, 1.165) is 12.8 Å². The molecular formula is C16H22FN3O2. The SMILES string of the molecule is CC(=O)Nc1cc(C(=O)N2CCC(C)CC2CN)ccc1F. The van der Waals surface area contributed by atoms with Crippen molar-refractivity contribution < 1.29 is 14.0 Å². The zero-order valence-electron chi connectivity index (χ0n) is 12.9. The Morgan fingerprint density at radius 1 is 1.45 bits per heavy atom. The van der Waals surface area contributed by atoms with Crippen LogP contribution in [-0.4, -0.2) is 35.8 Å². The number of likely N-dealkylation sites (tertiary alicyclic amines) is 1. The van der Waals surface area contributed by atoms with Crippen molar-refractivity contribution in [2.75, 3.05) is 18.4 Å². The van der Waals surface area contributed by atoms with Gasteiger partial charge in [-0.1, -0.05) is 6.92 Å². The summed E-state index contributed by atoms with van der Waals surface area (Å²) in [5.41, 5.74) is 6.16. The molecule has 0 spiro atoms. The highest BCUT2D eigenvalue weighted by molar-refractivity contribution is 5.97. The molecule has 22 heavy (non-hydrogen) atoms. The number of piperidine rings is 1. The first-order valence-corrected chi connectivity index (χ1v) is 7.50. The molecule has 2 atom stereocenters. The van der Waals surface area contributed by atoms with E-state index in [-0.39, 0.29) is 23.5 Å². The number of amides is 2. The van der Waals surface area contributed by atoms with Crippen LogP contribution in [0.5, 0.6) is 0 Å². The Balaban J connectivity index is 2.23. The highest BCUT2D eigenvalue weighted by atomic mass is 19.1. The van der Waals surface area contributed by atoms with Gasteiger partial charge in [0.2, 0.25) is 5.91 Å². The maximum absolute atomic E-state index is 13.7. The van der Waals surface area contributed by atoms with Crippen LogP contribution in [0.1, 0.15) is 37.0 Å². The van der Waals surface area contributed by atoms with Gasteiger partial charge in [0, 0.05) is 31.6 Å². The lowest BCUT2D eigenvalue weighted by Gasteiger charge is -2.38. The number of hydrogen-bond donors (Lipinski definition) is 2. The maximum Gasteiger partial charge on any atom is 0.254 e. The first-order valence-electron chi connectivity index (χ1n) is 7.50. The lowest BCUT2D eigenvalue weighted by atomic mass is 9.92. The van der Waals surface area contributed by atoms with E-state index < -0.39 is 5.82 Å². The fourth-order valence-corrected chi connectivity index (χ4v) is 2.85. The summed E-state index contributed by atoms with van der Waals surface area (Å²) in [6, 6.07) is 4.02. The molecule has 0 saturated carbocycles. The third-order valence-corrected chi connectivity index (χ3v) is 4.03. The second-order valence-electron chi connectivity index (χ2n) is 5.89. The van der Waals surface area contributed by atoms with Gasteiger partial charge in [0.25, 0.3) is 5.91 Å². The number of anilines is 1. The summed E-state index contributed by atoms with van der Waals surface area (Å²) in [4.78, 5) is 25.5. The minimum absolute atomic E-state index is 0.00511. The molecule has 2 rings (SSSR count). The summed E-state index contributed by atoms with van der Waals surface area (Å²) in [7, 11) is 0. The summed E-state index contributed by atoms with van der Waals surface area (Å²) in [5, 5.41) is 2.39. The average molecular weight is 307 g/mol. The topological polar surface area (TPSA) is 75.4 Å². The van der Waals surface area contributed by atoms with Crippen LogP contribution in [0.15, 0.2) is 18.2 Å². The average Bonchev–Trinajstić information content (AvgIpc) is 2.48. The molecule has 0 bridgehead atoms. The molecule has 1 heterocycles. The van der Waals surface area contributed by atoms with Crippen molar-refractivity contribution in [3.05, 3.63) is 29.6 Å². The van der Waals surface area contributed by atoms with Crippen molar-refractivity contribution in [2.24, 2.45) is 11.7 Å². The van der Waals surface area contributed by atoms with Crippen molar-refractivity contribution in [3.8, 4) is 0 Å². The Kier molecular flexibility index (Phi) is 5.13. The van der Waals surface area contributed by atoms with E-state index in [2.05, 4.69) is 12.2 Å². The molecule has 1 aliphatic rings. The van der Waals surface area contributed by atoms with Crippen LogP contribution < -0.4 is 11.1 Å². The van der Waals surface area contributed by atoms with Gasteiger partial charge in [0.15, 0.2) is 0 Å². The zero-order chi connectivity index (χ0) is 16.3. The van der Waals surface area contributed by atoms with E-state index in [9.17, 15) is 14.0 Å². The molecule has 120 valence electrons. The Morgan fingerprint density at radius 3 is 2.82 bits per heavy atom. The third kappa shape index (κ3) is 3.62. The third-order valence-electron chi connectivity index (χ3n) is 4.03. The van der Waals surface area contributed by atoms with Gasteiger partial charge in [-0.3, -0.25) is 9.59 Å². The molecule has 0 aromatic heterocycles. The van der Waals surface area contributed by atoms with Gasteiger partial charge in [0.05, 0.1) is 5.69 Å². The van der Waals surface area contributed by atoms with Crippen molar-refractivity contribution in [3.63, 3.8) is 0 Å². The van der Waals surface area contributed by atoms with E-state index in [1.165, 1.54) is 25.1 Å². The number of carbonyl (C=O) groups is 2. The molecule has 0 aliphatic carbocycles. The lowest BCUT2D eigenvalue weighted by molar-refractivity contribution is -0.114. The van der Waals surface area contributed by atoms with Gasteiger partial charge < -0.3 is 16.0 Å². The molecule has 1 aromatic carbocycles. The lowest BCUT2D eigenvalue weighted by Crippen LogP contribution is -2.49. The van der Waals surface area contributed by atoms with Crippen molar-refractivity contribution in [2.45, 2.75) is 32.7 Å². The monoisotopic (exact) mass is 307 g/mol. The second-order valence-corrected chi connectivity index (χ2v) is 5.89. The summed E-state index contributed by atoms with van der Waals surface area (Å²) in [6.07, 6.45) is 1.81. The smallest absolute Gasteiger partial charge is 0.254 e. The van der Waals surface area contributed by atoms with Crippen LogP contribution in [0.3, 0.4) is 0 Å². The number of nitrogens with two attached hydrogens (primary N) is 1. The first-order chi connectivity index (χ1) is 10.4. The van der Waals surface area contributed by atoms with Crippen LogP contribution in [0.25, 0.3) is 0 Å². The fourth-order valence-electron chi connectivity index (χ4n) is 2.85. The minimum atomic E-state index is -0.561. The quantitative estimate of drug-likeness (QED) is 0.896. The number of carbonyl (C=O) groups excluding carboxylic acids is 2. The Labute approximate surface area is 129 Å². The Bertz CT molecular complexity index is 577. The van der Waals surface area contributed by atoms with Crippen molar-refractivity contribution in [1.29, 1.82) is 0 Å². The number of hydrogen-bond acceptors (Lipinski definition) is 3. The normalized spacial score (nSPS) is 21.5. The molecule has 1 aromatic rings. The number of benzene rings is 1. The maximum atomic E-state index is 13.7. The van der Waals surface area contributed by atoms with Gasteiger partial charge >= 0.3 is 0 Å². The van der Waals surface area contributed by atoms with Crippen LogP contribution in [0.4, 0.5) is 10.1 Å².